The predicted molar refractivity (Wildman–Crippen MR) is 109 cm³/mol. The van der Waals surface area contributed by atoms with E-state index in [1.165, 1.54) is 11.3 Å². The van der Waals surface area contributed by atoms with Gasteiger partial charge in [-0.05, 0) is 19.2 Å². The van der Waals surface area contributed by atoms with Gasteiger partial charge >= 0.3 is 0 Å². The molecule has 28 heavy (non-hydrogen) atoms. The molecule has 9 heteroatoms. The quantitative estimate of drug-likeness (QED) is 0.633. The molecule has 8 nitrogen and oxygen atoms in total. The zero-order valence-electron chi connectivity index (χ0n) is 16.0. The van der Waals surface area contributed by atoms with Crippen molar-refractivity contribution in [3.8, 4) is 10.7 Å². The Morgan fingerprint density at radius 1 is 1.32 bits per heavy atom. The summed E-state index contributed by atoms with van der Waals surface area (Å²) in [6, 6.07) is 6.15. The second kappa shape index (κ2) is 8.26. The number of anilines is 1. The molecule has 1 amide bonds. The van der Waals surface area contributed by atoms with Crippen LogP contribution >= 0.6 is 11.3 Å². The Morgan fingerprint density at radius 2 is 2.14 bits per heavy atom. The molecule has 0 spiro atoms. The van der Waals surface area contributed by atoms with Crippen LogP contribution in [0.15, 0.2) is 28.9 Å². The van der Waals surface area contributed by atoms with Crippen LogP contribution in [0.3, 0.4) is 0 Å². The smallest absolute Gasteiger partial charge is 0.263 e. The summed E-state index contributed by atoms with van der Waals surface area (Å²) in [5, 5.41) is 8.57. The van der Waals surface area contributed by atoms with Crippen molar-refractivity contribution in [2.24, 2.45) is 0 Å². The highest BCUT2D eigenvalue weighted by Gasteiger charge is 2.19. The molecule has 1 fully saturated rings. The molecule has 0 atom stereocenters. The summed E-state index contributed by atoms with van der Waals surface area (Å²) in [5.74, 6) is -0.161. The van der Waals surface area contributed by atoms with Crippen molar-refractivity contribution in [3.63, 3.8) is 0 Å². The largest absolute Gasteiger partial charge is 0.383 e. The minimum atomic E-state index is -0.161. The predicted octanol–water partition coefficient (Wildman–Crippen LogP) is 2.08. The van der Waals surface area contributed by atoms with Crippen LogP contribution in [0.1, 0.15) is 9.67 Å². The third-order valence-corrected chi connectivity index (χ3v) is 5.85. The number of carbonyl (C=O) groups is 1. The lowest BCUT2D eigenvalue weighted by Gasteiger charge is -2.33. The molecule has 0 aliphatic carbocycles. The van der Waals surface area contributed by atoms with Gasteiger partial charge in [0.2, 0.25) is 0 Å². The van der Waals surface area contributed by atoms with Gasteiger partial charge in [0, 0.05) is 51.6 Å². The van der Waals surface area contributed by atoms with E-state index >= 15 is 0 Å². The third kappa shape index (κ3) is 3.87. The molecule has 2 aromatic heterocycles. The standard InChI is InChI=1S/C19H23N5O3S/c1-23-6-8-24(9-7-23)13-3-4-14-15(11-13)27-22-17(14)19-21-12-16(28-19)18(25)20-5-10-26-2/h3-4,11-12H,5-10H2,1-2H3,(H,20,25). The van der Waals surface area contributed by atoms with Crippen LogP contribution in [0.5, 0.6) is 0 Å². The Labute approximate surface area is 167 Å². The molecule has 1 aromatic carbocycles. The summed E-state index contributed by atoms with van der Waals surface area (Å²) in [5.41, 5.74) is 2.54. The van der Waals surface area contributed by atoms with Crippen LogP contribution in [0.25, 0.3) is 21.7 Å². The van der Waals surface area contributed by atoms with Gasteiger partial charge in [0.05, 0.1) is 18.2 Å². The van der Waals surface area contributed by atoms with Crippen LogP contribution in [-0.4, -0.2) is 74.4 Å². The van der Waals surface area contributed by atoms with Crippen LogP contribution < -0.4 is 10.2 Å². The molecule has 0 bridgehead atoms. The Hall–Kier alpha value is -2.49. The van der Waals surface area contributed by atoms with Crippen molar-refractivity contribution < 1.29 is 14.1 Å². The first kappa shape index (κ1) is 18.9. The molecule has 1 N–H and O–H groups in total. The normalized spacial score (nSPS) is 15.3. The molecule has 0 unspecified atom stereocenters. The van der Waals surface area contributed by atoms with Gasteiger partial charge in [-0.2, -0.15) is 0 Å². The van der Waals surface area contributed by atoms with Gasteiger partial charge in [-0.25, -0.2) is 4.98 Å². The molecule has 1 aliphatic rings. The minimum absolute atomic E-state index is 0.161. The molecule has 1 aliphatic heterocycles. The van der Waals surface area contributed by atoms with E-state index in [1.54, 1.807) is 13.3 Å². The van der Waals surface area contributed by atoms with Gasteiger partial charge in [-0.1, -0.05) is 5.16 Å². The van der Waals surface area contributed by atoms with Crippen molar-refractivity contribution in [2.45, 2.75) is 0 Å². The molecule has 1 saturated heterocycles. The molecule has 0 saturated carbocycles. The Balaban J connectivity index is 1.53. The lowest BCUT2D eigenvalue weighted by Crippen LogP contribution is -2.44. The number of aromatic nitrogens is 2. The van der Waals surface area contributed by atoms with Gasteiger partial charge in [0.25, 0.3) is 5.91 Å². The van der Waals surface area contributed by atoms with E-state index in [4.69, 9.17) is 9.26 Å². The average molecular weight is 401 g/mol. The van der Waals surface area contributed by atoms with Crippen molar-refractivity contribution in [2.75, 3.05) is 58.4 Å². The number of carbonyl (C=O) groups excluding carboxylic acids is 1. The molecule has 148 valence electrons. The molecular weight excluding hydrogens is 378 g/mol. The summed E-state index contributed by atoms with van der Waals surface area (Å²) in [7, 11) is 3.74. The lowest BCUT2D eigenvalue weighted by molar-refractivity contribution is 0.0941. The lowest BCUT2D eigenvalue weighted by atomic mass is 10.1. The van der Waals surface area contributed by atoms with Crippen molar-refractivity contribution in [1.82, 2.24) is 20.4 Å². The van der Waals surface area contributed by atoms with Crippen LogP contribution in [-0.2, 0) is 4.74 Å². The number of fused-ring (bicyclic) bond motifs is 1. The van der Waals surface area contributed by atoms with Crippen molar-refractivity contribution >= 4 is 33.9 Å². The van der Waals surface area contributed by atoms with E-state index in [0.29, 0.717) is 28.7 Å². The maximum Gasteiger partial charge on any atom is 0.263 e. The Bertz CT molecular complexity index is 962. The first-order chi connectivity index (χ1) is 13.7. The summed E-state index contributed by atoms with van der Waals surface area (Å²) in [4.78, 5) is 21.7. The number of rotatable bonds is 6. The maximum atomic E-state index is 12.2. The number of hydrogen-bond acceptors (Lipinski definition) is 8. The summed E-state index contributed by atoms with van der Waals surface area (Å²) >= 11 is 1.30. The fourth-order valence-corrected chi connectivity index (χ4v) is 4.01. The molecule has 3 heterocycles. The fourth-order valence-electron chi connectivity index (χ4n) is 3.18. The maximum absolute atomic E-state index is 12.2. The SMILES string of the molecule is COCCNC(=O)c1cnc(-c2noc3cc(N4CCN(C)CC4)ccc23)s1. The monoisotopic (exact) mass is 401 g/mol. The molecule has 0 radical (unpaired) electrons. The number of nitrogens with zero attached hydrogens (tertiary/aromatic N) is 4. The third-order valence-electron chi connectivity index (χ3n) is 4.85. The van der Waals surface area contributed by atoms with E-state index in [2.05, 4.69) is 38.4 Å². The number of ether oxygens (including phenoxy) is 1. The summed E-state index contributed by atoms with van der Waals surface area (Å²) in [6.45, 7) is 5.03. The zero-order chi connectivity index (χ0) is 19.5. The van der Waals surface area contributed by atoms with E-state index in [9.17, 15) is 4.79 Å². The molecule has 3 aromatic rings. The van der Waals surface area contributed by atoms with E-state index in [1.807, 2.05) is 12.1 Å². The first-order valence-corrected chi connectivity index (χ1v) is 10.0. The fraction of sp³-hybridized carbons (Fsp3) is 0.421. The first-order valence-electron chi connectivity index (χ1n) is 9.22. The summed E-state index contributed by atoms with van der Waals surface area (Å²) in [6.07, 6.45) is 1.57. The highest BCUT2D eigenvalue weighted by molar-refractivity contribution is 7.17. The van der Waals surface area contributed by atoms with Crippen LogP contribution in [0.4, 0.5) is 5.69 Å². The highest BCUT2D eigenvalue weighted by atomic mass is 32.1. The number of thiazole rings is 1. The second-order valence-corrected chi connectivity index (χ2v) is 7.81. The van der Waals surface area contributed by atoms with Gasteiger partial charge in [-0.15, -0.1) is 11.3 Å². The molecule has 4 rings (SSSR count). The number of hydrogen-bond donors (Lipinski definition) is 1. The van der Waals surface area contributed by atoms with Crippen LogP contribution in [0, 0.1) is 0 Å². The van der Waals surface area contributed by atoms with E-state index in [0.717, 1.165) is 42.8 Å². The van der Waals surface area contributed by atoms with Gasteiger partial charge in [0.1, 0.15) is 15.6 Å². The van der Waals surface area contributed by atoms with E-state index < -0.39 is 0 Å². The minimum Gasteiger partial charge on any atom is -0.383 e. The number of nitrogens with one attached hydrogen (secondary N) is 1. The second-order valence-electron chi connectivity index (χ2n) is 6.78. The van der Waals surface area contributed by atoms with E-state index in [-0.39, 0.29) is 5.91 Å². The molecular formula is C19H23N5O3S. The number of likely N-dealkylation sites (N-methyl/N-ethyl adjacent to an activating group) is 1. The van der Waals surface area contributed by atoms with Gasteiger partial charge in [0.15, 0.2) is 5.58 Å². The summed E-state index contributed by atoms with van der Waals surface area (Å²) < 4.78 is 10.5. The van der Waals surface area contributed by atoms with Gasteiger partial charge in [-0.3, -0.25) is 4.79 Å². The zero-order valence-corrected chi connectivity index (χ0v) is 16.8. The number of amides is 1. The highest BCUT2D eigenvalue weighted by Crippen LogP contribution is 2.33. The van der Waals surface area contributed by atoms with Crippen molar-refractivity contribution in [3.05, 3.63) is 29.3 Å². The number of benzene rings is 1. The van der Waals surface area contributed by atoms with Crippen LogP contribution in [0.2, 0.25) is 0 Å². The topological polar surface area (TPSA) is 83.7 Å². The Morgan fingerprint density at radius 3 is 2.93 bits per heavy atom. The van der Waals surface area contributed by atoms with Crippen molar-refractivity contribution in [1.29, 1.82) is 0 Å². The Kier molecular flexibility index (Phi) is 5.56. The number of piperazine rings is 1. The number of methoxy groups -OCH3 is 1. The average Bonchev–Trinajstić information content (AvgIpc) is 3.35. The van der Waals surface area contributed by atoms with Gasteiger partial charge < -0.3 is 24.4 Å².